The number of hydrogen-bond acceptors (Lipinski definition) is 3. The molecule has 2 rings (SSSR count). The molecule has 0 heterocycles. The van der Waals surface area contributed by atoms with Crippen molar-refractivity contribution in [2.75, 3.05) is 11.8 Å². The Morgan fingerprint density at radius 3 is 2.24 bits per heavy atom. The zero-order chi connectivity index (χ0) is 15.6. The topological polar surface area (TPSA) is 55.4 Å². The summed E-state index contributed by atoms with van der Waals surface area (Å²) >= 11 is 0. The van der Waals surface area contributed by atoms with Gasteiger partial charge >= 0.3 is 0 Å². The van der Waals surface area contributed by atoms with Gasteiger partial charge in [-0.05, 0) is 56.2 Å². The van der Waals surface area contributed by atoms with Gasteiger partial charge in [-0.2, -0.15) is 0 Å². The van der Waals surface area contributed by atoms with Crippen molar-refractivity contribution in [1.29, 1.82) is 0 Å². The Morgan fingerprint density at radius 2 is 1.67 bits per heavy atom. The van der Waals surface area contributed by atoms with Gasteiger partial charge in [0.1, 0.15) is 5.75 Å². The molecule has 5 heteroatoms. The van der Waals surface area contributed by atoms with Gasteiger partial charge in [-0.25, -0.2) is 8.42 Å². The van der Waals surface area contributed by atoms with E-state index in [1.165, 1.54) is 0 Å². The lowest BCUT2D eigenvalue weighted by Gasteiger charge is -2.13. The fourth-order valence-corrected chi connectivity index (χ4v) is 3.54. The highest BCUT2D eigenvalue weighted by atomic mass is 32.2. The summed E-state index contributed by atoms with van der Waals surface area (Å²) < 4.78 is 32.7. The molecule has 0 amide bonds. The smallest absolute Gasteiger partial charge is 0.262 e. The van der Waals surface area contributed by atoms with Crippen molar-refractivity contribution < 1.29 is 13.2 Å². The molecule has 0 bridgehead atoms. The first-order chi connectivity index (χ1) is 9.83. The largest absolute Gasteiger partial charge is 0.497 e. The standard InChI is InChI=1S/C16H19NO3S/c1-11-5-8-16(13(3)9-11)21(18,19)17-15-7-6-14(20-4)10-12(15)2/h5-10,17H,1-4H3. The van der Waals surface area contributed by atoms with Crippen LogP contribution in [0.3, 0.4) is 0 Å². The highest BCUT2D eigenvalue weighted by molar-refractivity contribution is 7.92. The number of anilines is 1. The summed E-state index contributed by atoms with van der Waals surface area (Å²) in [5.41, 5.74) is 3.12. The molecule has 0 aliphatic heterocycles. The summed E-state index contributed by atoms with van der Waals surface area (Å²) in [6, 6.07) is 10.5. The number of rotatable bonds is 4. The van der Waals surface area contributed by atoms with Crippen LogP contribution in [0, 0.1) is 20.8 Å². The summed E-state index contributed by atoms with van der Waals surface area (Å²) in [7, 11) is -2.02. The molecule has 2 aromatic carbocycles. The maximum atomic E-state index is 12.5. The molecule has 0 unspecified atom stereocenters. The van der Waals surface area contributed by atoms with Gasteiger partial charge in [0.15, 0.2) is 0 Å². The van der Waals surface area contributed by atoms with E-state index in [-0.39, 0.29) is 0 Å². The van der Waals surface area contributed by atoms with Crippen molar-refractivity contribution in [1.82, 2.24) is 0 Å². The first-order valence-electron chi connectivity index (χ1n) is 6.58. The van der Waals surface area contributed by atoms with Crippen LogP contribution in [0.15, 0.2) is 41.3 Å². The van der Waals surface area contributed by atoms with E-state index in [2.05, 4.69) is 4.72 Å². The highest BCUT2D eigenvalue weighted by Crippen LogP contribution is 2.25. The lowest BCUT2D eigenvalue weighted by Crippen LogP contribution is -2.15. The quantitative estimate of drug-likeness (QED) is 0.941. The minimum absolute atomic E-state index is 0.295. The van der Waals surface area contributed by atoms with E-state index in [0.717, 1.165) is 16.7 Å². The average molecular weight is 305 g/mol. The molecule has 0 atom stereocenters. The molecular weight excluding hydrogens is 286 g/mol. The van der Waals surface area contributed by atoms with Crippen LogP contribution in [0.2, 0.25) is 0 Å². The summed E-state index contributed by atoms with van der Waals surface area (Å²) in [4.78, 5) is 0.295. The van der Waals surface area contributed by atoms with E-state index in [4.69, 9.17) is 4.74 Å². The summed E-state index contributed by atoms with van der Waals surface area (Å²) in [5.74, 6) is 0.696. The van der Waals surface area contributed by atoms with Crippen LogP contribution < -0.4 is 9.46 Å². The number of sulfonamides is 1. The fraction of sp³-hybridized carbons (Fsp3) is 0.250. The molecule has 21 heavy (non-hydrogen) atoms. The van der Waals surface area contributed by atoms with E-state index >= 15 is 0 Å². The number of benzene rings is 2. The van der Waals surface area contributed by atoms with E-state index in [0.29, 0.717) is 16.3 Å². The predicted octanol–water partition coefficient (Wildman–Crippen LogP) is 3.42. The van der Waals surface area contributed by atoms with E-state index in [1.54, 1.807) is 44.4 Å². The lowest BCUT2D eigenvalue weighted by molar-refractivity contribution is 0.414. The van der Waals surface area contributed by atoms with Crippen LogP contribution >= 0.6 is 0 Å². The van der Waals surface area contributed by atoms with Crippen LogP contribution in [0.25, 0.3) is 0 Å². The van der Waals surface area contributed by atoms with Gasteiger partial charge < -0.3 is 4.74 Å². The van der Waals surface area contributed by atoms with Crippen molar-refractivity contribution in [2.45, 2.75) is 25.7 Å². The molecule has 0 fully saturated rings. The minimum atomic E-state index is -3.59. The first kappa shape index (κ1) is 15.4. The maximum absolute atomic E-state index is 12.5. The summed E-state index contributed by atoms with van der Waals surface area (Å²) in [6.07, 6.45) is 0. The molecule has 0 saturated carbocycles. The Hall–Kier alpha value is -2.01. The van der Waals surface area contributed by atoms with Gasteiger partial charge in [-0.15, -0.1) is 0 Å². The van der Waals surface area contributed by atoms with Gasteiger partial charge in [-0.3, -0.25) is 4.72 Å². The molecular formula is C16H19NO3S. The molecule has 0 aromatic heterocycles. The Labute approximate surface area is 125 Å². The fourth-order valence-electron chi connectivity index (χ4n) is 2.18. The second-order valence-corrected chi connectivity index (χ2v) is 6.71. The summed E-state index contributed by atoms with van der Waals surface area (Å²) in [5, 5.41) is 0. The SMILES string of the molecule is COc1ccc(NS(=O)(=O)c2ccc(C)cc2C)c(C)c1. The van der Waals surface area contributed by atoms with Crippen LogP contribution in [0.4, 0.5) is 5.69 Å². The number of aryl methyl sites for hydroxylation is 3. The zero-order valence-electron chi connectivity index (χ0n) is 12.6. The van der Waals surface area contributed by atoms with Gasteiger partial charge in [0.2, 0.25) is 0 Å². The lowest BCUT2D eigenvalue weighted by atomic mass is 10.2. The number of nitrogens with one attached hydrogen (secondary N) is 1. The maximum Gasteiger partial charge on any atom is 0.262 e. The molecule has 0 aliphatic carbocycles. The van der Waals surface area contributed by atoms with Crippen molar-refractivity contribution in [3.05, 3.63) is 53.1 Å². The molecule has 112 valence electrons. The zero-order valence-corrected chi connectivity index (χ0v) is 13.4. The predicted molar refractivity (Wildman–Crippen MR) is 84.5 cm³/mol. The second kappa shape index (κ2) is 5.77. The number of ether oxygens (including phenoxy) is 1. The number of hydrogen-bond donors (Lipinski definition) is 1. The van der Waals surface area contributed by atoms with Crippen molar-refractivity contribution in [3.63, 3.8) is 0 Å². The highest BCUT2D eigenvalue weighted by Gasteiger charge is 2.17. The van der Waals surface area contributed by atoms with E-state index in [9.17, 15) is 8.42 Å². The minimum Gasteiger partial charge on any atom is -0.497 e. The molecule has 0 radical (unpaired) electrons. The molecule has 2 aromatic rings. The molecule has 0 aliphatic rings. The van der Waals surface area contributed by atoms with Crippen LogP contribution in [-0.2, 0) is 10.0 Å². The Kier molecular flexibility index (Phi) is 4.23. The van der Waals surface area contributed by atoms with Crippen molar-refractivity contribution in [2.24, 2.45) is 0 Å². The molecule has 4 nitrogen and oxygen atoms in total. The molecule has 0 spiro atoms. The second-order valence-electron chi connectivity index (χ2n) is 5.06. The monoisotopic (exact) mass is 305 g/mol. The van der Waals surface area contributed by atoms with E-state index < -0.39 is 10.0 Å². The van der Waals surface area contributed by atoms with Crippen LogP contribution in [-0.4, -0.2) is 15.5 Å². The normalized spacial score (nSPS) is 11.2. The molecule has 1 N–H and O–H groups in total. The third kappa shape index (κ3) is 3.36. The molecule has 0 saturated heterocycles. The van der Waals surface area contributed by atoms with Gasteiger partial charge in [0.05, 0.1) is 17.7 Å². The van der Waals surface area contributed by atoms with E-state index in [1.807, 2.05) is 19.9 Å². The Bertz CT molecular complexity index is 767. The average Bonchev–Trinajstić information content (AvgIpc) is 2.40. The Morgan fingerprint density at radius 1 is 0.952 bits per heavy atom. The summed E-state index contributed by atoms with van der Waals surface area (Å²) in [6.45, 7) is 5.56. The van der Waals surface area contributed by atoms with Crippen molar-refractivity contribution in [3.8, 4) is 5.75 Å². The third-order valence-electron chi connectivity index (χ3n) is 3.30. The van der Waals surface area contributed by atoms with Gasteiger partial charge in [0.25, 0.3) is 10.0 Å². The van der Waals surface area contributed by atoms with Crippen LogP contribution in [0.1, 0.15) is 16.7 Å². The number of methoxy groups -OCH3 is 1. The van der Waals surface area contributed by atoms with Crippen molar-refractivity contribution >= 4 is 15.7 Å². The van der Waals surface area contributed by atoms with Crippen LogP contribution in [0.5, 0.6) is 5.75 Å². The van der Waals surface area contributed by atoms with Gasteiger partial charge in [0, 0.05) is 0 Å². The first-order valence-corrected chi connectivity index (χ1v) is 8.06. The van der Waals surface area contributed by atoms with Gasteiger partial charge in [-0.1, -0.05) is 17.7 Å². The Balaban J connectivity index is 2.37. The third-order valence-corrected chi connectivity index (χ3v) is 4.82.